The van der Waals surface area contributed by atoms with Gasteiger partial charge in [-0.2, -0.15) is 0 Å². The van der Waals surface area contributed by atoms with Crippen LogP contribution in [0.25, 0.3) is 0 Å². The zero-order valence-electron chi connectivity index (χ0n) is 8.32. The number of carboxylic acids is 1. The molecule has 1 fully saturated rings. The van der Waals surface area contributed by atoms with Crippen LogP contribution < -0.4 is 5.73 Å². The van der Waals surface area contributed by atoms with E-state index in [0.717, 1.165) is 6.42 Å². The van der Waals surface area contributed by atoms with E-state index >= 15 is 0 Å². The predicted octanol–water partition coefficient (Wildman–Crippen LogP) is -0.342. The van der Waals surface area contributed by atoms with E-state index in [1.807, 2.05) is 0 Å². The maximum Gasteiger partial charge on any atom is 0.311 e. The van der Waals surface area contributed by atoms with E-state index in [0.29, 0.717) is 13.0 Å². The minimum absolute atomic E-state index is 0.0459. The van der Waals surface area contributed by atoms with Crippen LogP contribution in [0.2, 0.25) is 0 Å². The lowest BCUT2D eigenvalue weighted by Gasteiger charge is -2.37. The van der Waals surface area contributed by atoms with Gasteiger partial charge in [-0.05, 0) is 19.8 Å². The Morgan fingerprint density at radius 2 is 2.21 bits per heavy atom. The highest BCUT2D eigenvalue weighted by Crippen LogP contribution is 2.29. The first kappa shape index (κ1) is 11.0. The van der Waals surface area contributed by atoms with E-state index in [9.17, 15) is 9.59 Å². The van der Waals surface area contributed by atoms with Gasteiger partial charge in [-0.15, -0.1) is 0 Å². The van der Waals surface area contributed by atoms with Crippen LogP contribution in [0.1, 0.15) is 19.8 Å². The van der Waals surface area contributed by atoms with Crippen LogP contribution in [0, 0.1) is 5.41 Å². The monoisotopic (exact) mass is 200 g/mol. The first-order chi connectivity index (χ1) is 6.49. The fourth-order valence-corrected chi connectivity index (χ4v) is 1.76. The van der Waals surface area contributed by atoms with Crippen molar-refractivity contribution in [3.63, 3.8) is 0 Å². The molecule has 80 valence electrons. The van der Waals surface area contributed by atoms with Crippen molar-refractivity contribution in [1.29, 1.82) is 0 Å². The summed E-state index contributed by atoms with van der Waals surface area (Å²) >= 11 is 0. The van der Waals surface area contributed by atoms with Gasteiger partial charge in [-0.1, -0.05) is 0 Å². The minimum Gasteiger partial charge on any atom is -0.481 e. The third-order valence-electron chi connectivity index (χ3n) is 2.74. The lowest BCUT2D eigenvalue weighted by atomic mass is 9.82. The van der Waals surface area contributed by atoms with Crippen molar-refractivity contribution in [2.45, 2.75) is 19.8 Å². The molecule has 1 aliphatic rings. The lowest BCUT2D eigenvalue weighted by Crippen LogP contribution is -2.49. The van der Waals surface area contributed by atoms with Gasteiger partial charge in [-0.3, -0.25) is 9.59 Å². The number of hydrogen-bond acceptors (Lipinski definition) is 3. The van der Waals surface area contributed by atoms with Crippen LogP contribution >= 0.6 is 0 Å². The Morgan fingerprint density at radius 3 is 2.71 bits per heavy atom. The van der Waals surface area contributed by atoms with Gasteiger partial charge >= 0.3 is 5.97 Å². The number of likely N-dealkylation sites (tertiary alicyclic amines) is 1. The summed E-state index contributed by atoms with van der Waals surface area (Å²) in [5, 5.41) is 9.00. The summed E-state index contributed by atoms with van der Waals surface area (Å²) in [6, 6.07) is 0. The molecule has 5 nitrogen and oxygen atoms in total. The molecule has 0 radical (unpaired) electrons. The Morgan fingerprint density at radius 1 is 1.57 bits per heavy atom. The molecule has 1 heterocycles. The molecule has 0 aromatic rings. The van der Waals surface area contributed by atoms with Crippen molar-refractivity contribution in [3.8, 4) is 0 Å². The maximum atomic E-state index is 11.3. The van der Waals surface area contributed by atoms with E-state index in [2.05, 4.69) is 0 Å². The highest BCUT2D eigenvalue weighted by Gasteiger charge is 2.38. The van der Waals surface area contributed by atoms with Crippen molar-refractivity contribution in [3.05, 3.63) is 0 Å². The summed E-state index contributed by atoms with van der Waals surface area (Å²) in [5.41, 5.74) is 4.43. The summed E-state index contributed by atoms with van der Waals surface area (Å²) in [6.45, 7) is 2.53. The molecule has 0 aliphatic carbocycles. The molecule has 0 bridgehead atoms. The fourth-order valence-electron chi connectivity index (χ4n) is 1.76. The molecular weight excluding hydrogens is 184 g/mol. The number of hydrogen-bond donors (Lipinski definition) is 2. The second-order valence-corrected chi connectivity index (χ2v) is 3.99. The summed E-state index contributed by atoms with van der Waals surface area (Å²) in [5.74, 6) is -1.01. The summed E-state index contributed by atoms with van der Waals surface area (Å²) in [6.07, 6.45) is 1.35. The predicted molar refractivity (Wildman–Crippen MR) is 50.6 cm³/mol. The molecule has 1 amide bonds. The van der Waals surface area contributed by atoms with Gasteiger partial charge in [0.1, 0.15) is 0 Å². The molecule has 0 saturated carbocycles. The van der Waals surface area contributed by atoms with Crippen molar-refractivity contribution in [2.75, 3.05) is 19.6 Å². The number of nitrogens with zero attached hydrogens (tertiary/aromatic N) is 1. The largest absolute Gasteiger partial charge is 0.481 e. The van der Waals surface area contributed by atoms with Gasteiger partial charge in [-0.25, -0.2) is 0 Å². The zero-order valence-corrected chi connectivity index (χ0v) is 8.32. The first-order valence-corrected chi connectivity index (χ1v) is 4.71. The van der Waals surface area contributed by atoms with E-state index < -0.39 is 11.4 Å². The smallest absolute Gasteiger partial charge is 0.311 e. The Hall–Kier alpha value is -1.10. The maximum absolute atomic E-state index is 11.3. The number of carboxylic acid groups (broad SMARTS) is 1. The first-order valence-electron chi connectivity index (χ1n) is 4.71. The standard InChI is InChI=1S/C9H16N2O3/c1-9(8(13)14)3-2-4-11(6-9)7(12)5-10/h2-6,10H2,1H3,(H,13,14). The van der Waals surface area contributed by atoms with Gasteiger partial charge in [0.05, 0.1) is 12.0 Å². The molecule has 1 rings (SSSR count). The normalized spacial score (nSPS) is 27.4. The van der Waals surface area contributed by atoms with Gasteiger partial charge in [0.15, 0.2) is 0 Å². The third kappa shape index (κ3) is 2.04. The topological polar surface area (TPSA) is 83.6 Å². The Balaban J connectivity index is 2.69. The number of nitrogens with two attached hydrogens (primary N) is 1. The molecule has 1 unspecified atom stereocenters. The fraction of sp³-hybridized carbons (Fsp3) is 0.778. The Labute approximate surface area is 82.9 Å². The van der Waals surface area contributed by atoms with Gasteiger partial charge in [0, 0.05) is 13.1 Å². The van der Waals surface area contributed by atoms with Crippen molar-refractivity contribution in [1.82, 2.24) is 4.90 Å². The lowest BCUT2D eigenvalue weighted by molar-refractivity contribution is -0.153. The summed E-state index contributed by atoms with van der Waals surface area (Å²) in [7, 11) is 0. The Kier molecular flexibility index (Phi) is 3.10. The number of amides is 1. The van der Waals surface area contributed by atoms with E-state index in [-0.39, 0.29) is 19.0 Å². The zero-order chi connectivity index (χ0) is 10.8. The highest BCUT2D eigenvalue weighted by molar-refractivity contribution is 5.80. The third-order valence-corrected chi connectivity index (χ3v) is 2.74. The highest BCUT2D eigenvalue weighted by atomic mass is 16.4. The molecule has 1 atom stereocenters. The van der Waals surface area contributed by atoms with Gasteiger partial charge in [0.2, 0.25) is 5.91 Å². The molecule has 0 aromatic heterocycles. The second kappa shape index (κ2) is 3.96. The van der Waals surface area contributed by atoms with Crippen LogP contribution in [0.4, 0.5) is 0 Å². The van der Waals surface area contributed by atoms with Crippen LogP contribution in [0.3, 0.4) is 0 Å². The molecule has 1 saturated heterocycles. The molecule has 1 aliphatic heterocycles. The quantitative estimate of drug-likeness (QED) is 0.638. The molecule has 0 spiro atoms. The number of aliphatic carboxylic acids is 1. The Bertz CT molecular complexity index is 254. The molecular formula is C9H16N2O3. The van der Waals surface area contributed by atoms with Crippen LogP contribution in [0.15, 0.2) is 0 Å². The van der Waals surface area contributed by atoms with E-state index in [1.165, 1.54) is 4.90 Å². The minimum atomic E-state index is -0.841. The SMILES string of the molecule is CC1(C(=O)O)CCCN(C(=O)CN)C1. The number of carbonyl (C=O) groups excluding carboxylic acids is 1. The van der Waals surface area contributed by atoms with Crippen molar-refractivity contribution in [2.24, 2.45) is 11.1 Å². The van der Waals surface area contributed by atoms with Crippen LogP contribution in [-0.2, 0) is 9.59 Å². The van der Waals surface area contributed by atoms with Gasteiger partial charge in [0.25, 0.3) is 0 Å². The van der Waals surface area contributed by atoms with E-state index in [1.54, 1.807) is 6.92 Å². The second-order valence-electron chi connectivity index (χ2n) is 3.99. The molecule has 14 heavy (non-hydrogen) atoms. The van der Waals surface area contributed by atoms with E-state index in [4.69, 9.17) is 10.8 Å². The summed E-state index contributed by atoms with van der Waals surface area (Å²) < 4.78 is 0. The van der Waals surface area contributed by atoms with Crippen LogP contribution in [0.5, 0.6) is 0 Å². The average Bonchev–Trinajstić information content (AvgIpc) is 2.16. The van der Waals surface area contributed by atoms with Crippen molar-refractivity contribution < 1.29 is 14.7 Å². The summed E-state index contributed by atoms with van der Waals surface area (Å²) in [4.78, 5) is 23.8. The average molecular weight is 200 g/mol. The molecule has 0 aromatic carbocycles. The van der Waals surface area contributed by atoms with Crippen LogP contribution in [-0.4, -0.2) is 41.5 Å². The molecule has 3 N–H and O–H groups in total. The van der Waals surface area contributed by atoms with Crippen molar-refractivity contribution >= 4 is 11.9 Å². The van der Waals surface area contributed by atoms with Gasteiger partial charge < -0.3 is 15.7 Å². The number of piperidine rings is 1. The molecule has 5 heteroatoms. The number of rotatable bonds is 2. The number of carbonyl (C=O) groups is 2.